The van der Waals surface area contributed by atoms with Gasteiger partial charge in [0.1, 0.15) is 0 Å². The van der Waals surface area contributed by atoms with Gasteiger partial charge >= 0.3 is 0 Å². The summed E-state index contributed by atoms with van der Waals surface area (Å²) in [5.41, 5.74) is 1.22. The first kappa shape index (κ1) is 14.0. The van der Waals surface area contributed by atoms with Gasteiger partial charge in [0.05, 0.1) is 10.7 Å². The Balaban J connectivity index is 1.60. The van der Waals surface area contributed by atoms with Gasteiger partial charge in [-0.1, -0.05) is 0 Å². The monoisotopic (exact) mass is 267 g/mol. The van der Waals surface area contributed by atoms with Crippen LogP contribution in [0, 0.1) is 12.8 Å². The smallest absolute Gasteiger partial charge is 0.0897 e. The molecular formula is C14H25N3S. The molecule has 2 heterocycles. The number of rotatable bonds is 6. The topological polar surface area (TPSA) is 28.2 Å². The predicted octanol–water partition coefficient (Wildman–Crippen LogP) is 2.66. The van der Waals surface area contributed by atoms with Crippen LogP contribution in [0.2, 0.25) is 0 Å². The van der Waals surface area contributed by atoms with Crippen molar-refractivity contribution < 1.29 is 0 Å². The molecule has 2 rings (SSSR count). The van der Waals surface area contributed by atoms with Gasteiger partial charge in [-0.05, 0) is 65.2 Å². The number of aryl methyl sites for hydroxylation is 1. The zero-order valence-electron chi connectivity index (χ0n) is 11.6. The first-order valence-electron chi connectivity index (χ1n) is 7.04. The van der Waals surface area contributed by atoms with Crippen LogP contribution in [0.5, 0.6) is 0 Å². The van der Waals surface area contributed by atoms with Gasteiger partial charge in [0.25, 0.3) is 0 Å². The van der Waals surface area contributed by atoms with Crippen LogP contribution in [0.15, 0.2) is 5.38 Å². The Bertz CT molecular complexity index is 345. The Morgan fingerprint density at radius 3 is 2.89 bits per heavy atom. The Morgan fingerprint density at radius 2 is 2.22 bits per heavy atom. The standard InChI is InChI=1S/C14H25N3S/c1-12-16-14(11-18-12)10-17(2)9-3-4-13-5-7-15-8-6-13/h11,13,15H,3-10H2,1-2H3. The molecule has 0 aliphatic carbocycles. The van der Waals surface area contributed by atoms with Crippen LogP contribution in [0.1, 0.15) is 36.4 Å². The van der Waals surface area contributed by atoms with Crippen molar-refractivity contribution in [1.29, 1.82) is 0 Å². The van der Waals surface area contributed by atoms with Crippen molar-refractivity contribution in [2.75, 3.05) is 26.7 Å². The molecule has 1 fully saturated rings. The molecule has 18 heavy (non-hydrogen) atoms. The number of hydrogen-bond donors (Lipinski definition) is 1. The number of hydrogen-bond acceptors (Lipinski definition) is 4. The van der Waals surface area contributed by atoms with Gasteiger partial charge in [-0.2, -0.15) is 0 Å². The minimum absolute atomic E-state index is 0.959. The summed E-state index contributed by atoms with van der Waals surface area (Å²) in [4.78, 5) is 6.92. The molecule has 0 saturated carbocycles. The van der Waals surface area contributed by atoms with Crippen molar-refractivity contribution in [2.45, 2.75) is 39.2 Å². The van der Waals surface area contributed by atoms with E-state index in [-0.39, 0.29) is 0 Å². The number of nitrogens with one attached hydrogen (secondary N) is 1. The van der Waals surface area contributed by atoms with Crippen molar-refractivity contribution in [3.8, 4) is 0 Å². The molecule has 0 atom stereocenters. The molecule has 1 aromatic rings. The summed E-state index contributed by atoms with van der Waals surface area (Å²) in [6.07, 6.45) is 5.45. The fraction of sp³-hybridized carbons (Fsp3) is 0.786. The third-order valence-electron chi connectivity index (χ3n) is 3.71. The molecule has 3 nitrogen and oxygen atoms in total. The Hall–Kier alpha value is -0.450. The second-order valence-corrected chi connectivity index (χ2v) is 6.49. The summed E-state index contributed by atoms with van der Waals surface area (Å²) < 4.78 is 0. The van der Waals surface area contributed by atoms with Crippen LogP contribution in [-0.2, 0) is 6.54 Å². The summed E-state index contributed by atoms with van der Waals surface area (Å²) in [7, 11) is 2.21. The quantitative estimate of drug-likeness (QED) is 0.859. The molecule has 0 aromatic carbocycles. The lowest BCUT2D eigenvalue weighted by Gasteiger charge is -2.23. The Labute approximate surface area is 115 Å². The van der Waals surface area contributed by atoms with Crippen molar-refractivity contribution in [3.05, 3.63) is 16.1 Å². The van der Waals surface area contributed by atoms with E-state index in [1.54, 1.807) is 11.3 Å². The summed E-state index contributed by atoms with van der Waals surface area (Å²) >= 11 is 1.75. The molecular weight excluding hydrogens is 242 g/mol. The molecule has 1 N–H and O–H groups in total. The van der Waals surface area contributed by atoms with Crippen LogP contribution in [0.3, 0.4) is 0 Å². The van der Waals surface area contributed by atoms with E-state index in [1.165, 1.54) is 56.0 Å². The lowest BCUT2D eigenvalue weighted by atomic mass is 9.93. The minimum atomic E-state index is 0.959. The normalized spacial score (nSPS) is 17.5. The molecule has 4 heteroatoms. The number of thiazole rings is 1. The van der Waals surface area contributed by atoms with Crippen molar-refractivity contribution in [3.63, 3.8) is 0 Å². The van der Waals surface area contributed by atoms with Gasteiger partial charge in [0.2, 0.25) is 0 Å². The maximum absolute atomic E-state index is 4.52. The molecule has 0 radical (unpaired) electrons. The van der Waals surface area contributed by atoms with Crippen LogP contribution in [0.25, 0.3) is 0 Å². The lowest BCUT2D eigenvalue weighted by molar-refractivity contribution is 0.284. The molecule has 0 bridgehead atoms. The van der Waals surface area contributed by atoms with E-state index in [9.17, 15) is 0 Å². The highest BCUT2D eigenvalue weighted by atomic mass is 32.1. The van der Waals surface area contributed by atoms with Crippen molar-refractivity contribution >= 4 is 11.3 Å². The SMILES string of the molecule is Cc1nc(CN(C)CCCC2CCNCC2)cs1. The molecule has 1 aliphatic heterocycles. The van der Waals surface area contributed by atoms with Gasteiger partial charge in [0, 0.05) is 11.9 Å². The largest absolute Gasteiger partial charge is 0.317 e. The van der Waals surface area contributed by atoms with Gasteiger partial charge in [-0.15, -0.1) is 11.3 Å². The third kappa shape index (κ3) is 4.67. The zero-order valence-corrected chi connectivity index (χ0v) is 12.4. The van der Waals surface area contributed by atoms with E-state index in [2.05, 4.69) is 34.6 Å². The molecule has 102 valence electrons. The van der Waals surface area contributed by atoms with Crippen molar-refractivity contribution in [1.82, 2.24) is 15.2 Å². The number of piperidine rings is 1. The van der Waals surface area contributed by atoms with Crippen LogP contribution in [-0.4, -0.2) is 36.6 Å². The summed E-state index contributed by atoms with van der Waals surface area (Å²) in [5, 5.41) is 6.78. The lowest BCUT2D eigenvalue weighted by Crippen LogP contribution is -2.28. The van der Waals surface area contributed by atoms with E-state index < -0.39 is 0 Å². The molecule has 0 unspecified atom stereocenters. The van der Waals surface area contributed by atoms with Crippen LogP contribution in [0.4, 0.5) is 0 Å². The van der Waals surface area contributed by atoms with Gasteiger partial charge in [-0.25, -0.2) is 4.98 Å². The maximum atomic E-state index is 4.52. The average Bonchev–Trinajstić information content (AvgIpc) is 2.76. The van der Waals surface area contributed by atoms with Crippen LogP contribution < -0.4 is 5.32 Å². The summed E-state index contributed by atoms with van der Waals surface area (Å²) in [6, 6.07) is 0. The predicted molar refractivity (Wildman–Crippen MR) is 78.0 cm³/mol. The molecule has 1 saturated heterocycles. The second-order valence-electron chi connectivity index (χ2n) is 5.43. The number of nitrogens with zero attached hydrogens (tertiary/aromatic N) is 2. The van der Waals surface area contributed by atoms with E-state index in [4.69, 9.17) is 0 Å². The number of aromatic nitrogens is 1. The second kappa shape index (κ2) is 7.22. The molecule has 1 aromatic heterocycles. The first-order chi connectivity index (χ1) is 8.74. The van der Waals surface area contributed by atoms with Crippen LogP contribution >= 0.6 is 11.3 Å². The van der Waals surface area contributed by atoms with Gasteiger partial charge in [-0.3, -0.25) is 0 Å². The highest BCUT2D eigenvalue weighted by Gasteiger charge is 2.12. The highest BCUT2D eigenvalue weighted by molar-refractivity contribution is 7.09. The Kier molecular flexibility index (Phi) is 5.60. The average molecular weight is 267 g/mol. The Morgan fingerprint density at radius 1 is 1.44 bits per heavy atom. The van der Waals surface area contributed by atoms with E-state index in [0.29, 0.717) is 0 Å². The van der Waals surface area contributed by atoms with Gasteiger partial charge in [0.15, 0.2) is 0 Å². The molecule has 0 amide bonds. The molecule has 0 spiro atoms. The van der Waals surface area contributed by atoms with Gasteiger partial charge < -0.3 is 10.2 Å². The van der Waals surface area contributed by atoms with E-state index in [0.717, 1.165) is 12.5 Å². The third-order valence-corrected chi connectivity index (χ3v) is 4.53. The van der Waals surface area contributed by atoms with E-state index >= 15 is 0 Å². The minimum Gasteiger partial charge on any atom is -0.317 e. The summed E-state index contributed by atoms with van der Waals surface area (Å²) in [6.45, 7) is 6.71. The fourth-order valence-electron chi connectivity index (χ4n) is 2.66. The highest BCUT2D eigenvalue weighted by Crippen LogP contribution is 2.18. The first-order valence-corrected chi connectivity index (χ1v) is 7.92. The fourth-order valence-corrected chi connectivity index (χ4v) is 3.26. The summed E-state index contributed by atoms with van der Waals surface area (Å²) in [5.74, 6) is 0.959. The van der Waals surface area contributed by atoms with E-state index in [1.807, 2.05) is 0 Å². The maximum Gasteiger partial charge on any atom is 0.0897 e. The van der Waals surface area contributed by atoms with Crippen molar-refractivity contribution in [2.24, 2.45) is 5.92 Å². The molecule has 1 aliphatic rings. The zero-order chi connectivity index (χ0) is 12.8.